The Labute approximate surface area is 166 Å². The molecule has 0 aliphatic carbocycles. The second-order valence-corrected chi connectivity index (χ2v) is 7.29. The Balaban J connectivity index is 1.27. The number of hydrogen-bond acceptors (Lipinski definition) is 5. The van der Waals surface area contributed by atoms with E-state index in [0.717, 1.165) is 43.2 Å². The van der Waals surface area contributed by atoms with E-state index in [2.05, 4.69) is 39.4 Å². The van der Waals surface area contributed by atoms with Gasteiger partial charge in [-0.3, -0.25) is 9.69 Å². The second kappa shape index (κ2) is 8.52. The summed E-state index contributed by atoms with van der Waals surface area (Å²) in [5.41, 5.74) is 2.27. The highest BCUT2D eigenvalue weighted by molar-refractivity contribution is 5.78. The van der Waals surface area contributed by atoms with E-state index in [9.17, 15) is 4.79 Å². The van der Waals surface area contributed by atoms with Gasteiger partial charge < -0.3 is 19.7 Å². The van der Waals surface area contributed by atoms with Crippen LogP contribution in [0.1, 0.15) is 18.5 Å². The molecule has 1 fully saturated rings. The molecule has 2 aromatic carbocycles. The smallest absolute Gasteiger partial charge is 0.234 e. The van der Waals surface area contributed by atoms with E-state index in [0.29, 0.717) is 19.8 Å². The number of nitrogens with zero attached hydrogens (tertiary/aromatic N) is 2. The van der Waals surface area contributed by atoms with Gasteiger partial charge in [-0.05, 0) is 36.8 Å². The Bertz CT molecular complexity index is 804. The van der Waals surface area contributed by atoms with Crippen LogP contribution in [0, 0.1) is 0 Å². The lowest BCUT2D eigenvalue weighted by Crippen LogP contribution is -2.49. The van der Waals surface area contributed by atoms with Gasteiger partial charge in [0, 0.05) is 31.9 Å². The molecule has 1 saturated heterocycles. The van der Waals surface area contributed by atoms with Crippen LogP contribution in [0.25, 0.3) is 0 Å². The minimum atomic E-state index is -0.0751. The van der Waals surface area contributed by atoms with E-state index in [4.69, 9.17) is 9.47 Å². The maximum Gasteiger partial charge on any atom is 0.234 e. The fourth-order valence-electron chi connectivity index (χ4n) is 3.71. The minimum absolute atomic E-state index is 0.0514. The average Bonchev–Trinajstić information content (AvgIpc) is 2.74. The molecule has 28 heavy (non-hydrogen) atoms. The van der Waals surface area contributed by atoms with Crippen molar-refractivity contribution in [2.75, 3.05) is 50.8 Å². The number of hydrogen-bond donors (Lipinski definition) is 1. The maximum absolute atomic E-state index is 12.5. The van der Waals surface area contributed by atoms with Gasteiger partial charge in [0.15, 0.2) is 11.5 Å². The summed E-state index contributed by atoms with van der Waals surface area (Å²) < 4.78 is 11.2. The summed E-state index contributed by atoms with van der Waals surface area (Å²) in [7, 11) is 0. The van der Waals surface area contributed by atoms with E-state index in [-0.39, 0.29) is 11.9 Å². The number of nitrogens with one attached hydrogen (secondary N) is 1. The first-order valence-electron chi connectivity index (χ1n) is 9.90. The van der Waals surface area contributed by atoms with Gasteiger partial charge in [-0.1, -0.05) is 24.3 Å². The third-order valence-corrected chi connectivity index (χ3v) is 5.30. The Hall–Kier alpha value is -2.73. The first-order chi connectivity index (χ1) is 13.7. The van der Waals surface area contributed by atoms with Gasteiger partial charge in [0.1, 0.15) is 13.2 Å². The van der Waals surface area contributed by atoms with Gasteiger partial charge in [-0.15, -0.1) is 0 Å². The monoisotopic (exact) mass is 381 g/mol. The fourth-order valence-corrected chi connectivity index (χ4v) is 3.71. The summed E-state index contributed by atoms with van der Waals surface area (Å²) >= 11 is 0. The SMILES string of the molecule is C[C@@H](NC(=O)CN1CCN(c2ccccc2)CC1)c1ccc2c(c1)OCCO2. The molecule has 148 valence electrons. The topological polar surface area (TPSA) is 54.0 Å². The number of carbonyl (C=O) groups excluding carboxylic acids is 1. The van der Waals surface area contributed by atoms with Crippen molar-refractivity contribution in [3.63, 3.8) is 0 Å². The average molecular weight is 381 g/mol. The molecular weight excluding hydrogens is 354 g/mol. The fraction of sp³-hybridized carbons (Fsp3) is 0.409. The van der Waals surface area contributed by atoms with Crippen molar-refractivity contribution in [1.29, 1.82) is 0 Å². The Kier molecular flexibility index (Phi) is 5.67. The van der Waals surface area contributed by atoms with Crippen LogP contribution >= 0.6 is 0 Å². The predicted octanol–water partition coefficient (Wildman–Crippen LogP) is 2.46. The molecule has 0 radical (unpaired) electrons. The molecular formula is C22H27N3O3. The molecule has 2 aromatic rings. The molecule has 4 rings (SSSR count). The van der Waals surface area contributed by atoms with Gasteiger partial charge in [0.05, 0.1) is 12.6 Å². The number of para-hydroxylation sites is 1. The predicted molar refractivity (Wildman–Crippen MR) is 109 cm³/mol. The second-order valence-electron chi connectivity index (χ2n) is 7.29. The van der Waals surface area contributed by atoms with Crippen molar-refractivity contribution >= 4 is 11.6 Å². The molecule has 6 nitrogen and oxygen atoms in total. The van der Waals surface area contributed by atoms with E-state index in [1.54, 1.807) is 0 Å². The molecule has 0 spiro atoms. The van der Waals surface area contributed by atoms with Crippen LogP contribution in [0.2, 0.25) is 0 Å². The molecule has 2 aliphatic rings. The first kappa shape index (κ1) is 18.6. The van der Waals surface area contributed by atoms with Crippen LogP contribution in [0.3, 0.4) is 0 Å². The Morgan fingerprint density at radius 3 is 2.46 bits per heavy atom. The van der Waals surface area contributed by atoms with Gasteiger partial charge in [-0.25, -0.2) is 0 Å². The van der Waals surface area contributed by atoms with Crippen molar-refractivity contribution in [3.8, 4) is 11.5 Å². The maximum atomic E-state index is 12.5. The van der Waals surface area contributed by atoms with Crippen molar-refractivity contribution in [1.82, 2.24) is 10.2 Å². The third-order valence-electron chi connectivity index (χ3n) is 5.30. The molecule has 0 aromatic heterocycles. The van der Waals surface area contributed by atoms with Gasteiger partial charge in [0.25, 0.3) is 0 Å². The standard InChI is InChI=1S/C22H27N3O3/c1-17(18-7-8-20-21(15-18)28-14-13-27-20)23-22(26)16-24-9-11-25(12-10-24)19-5-3-2-4-6-19/h2-8,15,17H,9-14,16H2,1H3,(H,23,26)/t17-/m1/s1. The van der Waals surface area contributed by atoms with Gasteiger partial charge in [0.2, 0.25) is 5.91 Å². The summed E-state index contributed by atoms with van der Waals surface area (Å²) in [6, 6.07) is 16.2. The van der Waals surface area contributed by atoms with E-state index in [1.807, 2.05) is 31.2 Å². The Morgan fingerprint density at radius 1 is 1.00 bits per heavy atom. The lowest BCUT2D eigenvalue weighted by atomic mass is 10.1. The number of piperazine rings is 1. The number of amides is 1. The minimum Gasteiger partial charge on any atom is -0.486 e. The Morgan fingerprint density at radius 2 is 1.71 bits per heavy atom. The third kappa shape index (κ3) is 4.39. The van der Waals surface area contributed by atoms with Crippen LogP contribution in [-0.4, -0.2) is 56.7 Å². The number of benzene rings is 2. The molecule has 1 atom stereocenters. The van der Waals surface area contributed by atoms with E-state index < -0.39 is 0 Å². The van der Waals surface area contributed by atoms with Crippen LogP contribution in [0.15, 0.2) is 48.5 Å². The summed E-state index contributed by atoms with van der Waals surface area (Å²) in [5.74, 6) is 1.57. The molecule has 6 heteroatoms. The molecule has 2 aliphatic heterocycles. The summed E-state index contributed by atoms with van der Waals surface area (Å²) in [6.45, 7) is 7.22. The van der Waals surface area contributed by atoms with Crippen LogP contribution < -0.4 is 19.7 Å². The number of rotatable bonds is 5. The zero-order valence-electron chi connectivity index (χ0n) is 16.3. The number of ether oxygens (including phenoxy) is 2. The highest BCUT2D eigenvalue weighted by atomic mass is 16.6. The largest absolute Gasteiger partial charge is 0.486 e. The highest BCUT2D eigenvalue weighted by Gasteiger charge is 2.21. The lowest BCUT2D eigenvalue weighted by Gasteiger charge is -2.35. The van der Waals surface area contributed by atoms with Crippen LogP contribution in [-0.2, 0) is 4.79 Å². The molecule has 1 N–H and O–H groups in total. The summed E-state index contributed by atoms with van der Waals surface area (Å²) in [5, 5.41) is 3.10. The molecule has 1 amide bonds. The van der Waals surface area contributed by atoms with E-state index in [1.165, 1.54) is 5.69 Å². The van der Waals surface area contributed by atoms with Crippen LogP contribution in [0.4, 0.5) is 5.69 Å². The quantitative estimate of drug-likeness (QED) is 0.862. The lowest BCUT2D eigenvalue weighted by molar-refractivity contribution is -0.123. The van der Waals surface area contributed by atoms with Crippen molar-refractivity contribution in [2.24, 2.45) is 0 Å². The number of fused-ring (bicyclic) bond motifs is 1. The molecule has 0 unspecified atom stereocenters. The first-order valence-corrected chi connectivity index (χ1v) is 9.90. The number of anilines is 1. The summed E-state index contributed by atoms with van der Waals surface area (Å²) in [6.07, 6.45) is 0. The van der Waals surface area contributed by atoms with Crippen molar-refractivity contribution in [3.05, 3.63) is 54.1 Å². The zero-order chi connectivity index (χ0) is 19.3. The van der Waals surface area contributed by atoms with Crippen molar-refractivity contribution < 1.29 is 14.3 Å². The molecule has 2 heterocycles. The zero-order valence-corrected chi connectivity index (χ0v) is 16.3. The normalized spacial score (nSPS) is 17.8. The molecule has 0 saturated carbocycles. The van der Waals surface area contributed by atoms with Gasteiger partial charge >= 0.3 is 0 Å². The van der Waals surface area contributed by atoms with E-state index >= 15 is 0 Å². The molecule has 0 bridgehead atoms. The summed E-state index contributed by atoms with van der Waals surface area (Å²) in [4.78, 5) is 17.1. The van der Waals surface area contributed by atoms with Crippen molar-refractivity contribution in [2.45, 2.75) is 13.0 Å². The highest BCUT2D eigenvalue weighted by Crippen LogP contribution is 2.32. The van der Waals surface area contributed by atoms with Crippen LogP contribution in [0.5, 0.6) is 11.5 Å². The number of carbonyl (C=O) groups is 1. The van der Waals surface area contributed by atoms with Gasteiger partial charge in [-0.2, -0.15) is 0 Å².